The zero-order chi connectivity index (χ0) is 30.2. The molecule has 1 N–H and O–H groups in total. The van der Waals surface area contributed by atoms with Crippen LogP contribution in [0.1, 0.15) is 51.8 Å². The molecule has 220 valence electrons. The summed E-state index contributed by atoms with van der Waals surface area (Å²) >= 11 is 0. The van der Waals surface area contributed by atoms with Crippen molar-refractivity contribution < 1.29 is 32.5 Å². The maximum Gasteiger partial charge on any atom is 0.335 e. The number of aryl methyl sites for hydroxylation is 1. The number of imidazole rings is 1. The van der Waals surface area contributed by atoms with E-state index in [4.69, 9.17) is 9.47 Å². The number of carboxylic acids is 1. The van der Waals surface area contributed by atoms with E-state index in [1.54, 1.807) is 56.5 Å². The summed E-state index contributed by atoms with van der Waals surface area (Å²) in [5.74, 6) is -2.13. The van der Waals surface area contributed by atoms with Crippen LogP contribution in [0.2, 0.25) is 0 Å². The van der Waals surface area contributed by atoms with Crippen LogP contribution in [0.3, 0.4) is 0 Å². The highest BCUT2D eigenvalue weighted by molar-refractivity contribution is 5.92. The number of hydrogen-bond donors (Lipinski definition) is 1. The Morgan fingerprint density at radius 2 is 1.74 bits per heavy atom. The van der Waals surface area contributed by atoms with Gasteiger partial charge in [0, 0.05) is 36.8 Å². The Balaban J connectivity index is 1.28. The number of fused-ring (bicyclic) bond motifs is 1. The van der Waals surface area contributed by atoms with Crippen LogP contribution in [-0.2, 0) is 17.8 Å². The molecule has 3 aromatic carbocycles. The lowest BCUT2D eigenvalue weighted by molar-refractivity contribution is 0.00665. The second kappa shape index (κ2) is 11.5. The lowest BCUT2D eigenvalue weighted by Gasteiger charge is -2.36. The van der Waals surface area contributed by atoms with Gasteiger partial charge in [0.1, 0.15) is 29.9 Å². The van der Waals surface area contributed by atoms with Crippen molar-refractivity contribution in [3.8, 4) is 17.1 Å². The number of hydrogen-bond acceptors (Lipinski definition) is 5. The molecule has 1 saturated carbocycles. The number of methoxy groups -OCH3 is 1. The van der Waals surface area contributed by atoms with Crippen LogP contribution in [0.4, 0.5) is 13.2 Å². The minimum absolute atomic E-state index is 0.00698. The Kier molecular flexibility index (Phi) is 7.62. The zero-order valence-electron chi connectivity index (χ0n) is 23.5. The summed E-state index contributed by atoms with van der Waals surface area (Å²) in [4.78, 5) is 20.6. The van der Waals surface area contributed by atoms with Crippen LogP contribution in [0.25, 0.3) is 22.3 Å². The van der Waals surface area contributed by atoms with Crippen molar-refractivity contribution in [2.45, 2.75) is 44.9 Å². The number of rotatable bonds is 9. The van der Waals surface area contributed by atoms with E-state index in [1.807, 2.05) is 4.57 Å². The summed E-state index contributed by atoms with van der Waals surface area (Å²) in [5, 5.41) is 9.50. The molecule has 0 bridgehead atoms. The molecule has 1 fully saturated rings. The summed E-state index contributed by atoms with van der Waals surface area (Å²) in [6, 6.07) is 16.4. The van der Waals surface area contributed by atoms with Crippen molar-refractivity contribution >= 4 is 17.0 Å². The predicted octanol–water partition coefficient (Wildman–Crippen LogP) is 7.04. The van der Waals surface area contributed by atoms with Gasteiger partial charge in [0.25, 0.3) is 0 Å². The van der Waals surface area contributed by atoms with Crippen molar-refractivity contribution in [3.63, 3.8) is 0 Å². The monoisotopic (exact) mass is 587 g/mol. The van der Waals surface area contributed by atoms with Gasteiger partial charge in [0.05, 0.1) is 28.4 Å². The van der Waals surface area contributed by atoms with Gasteiger partial charge >= 0.3 is 5.97 Å². The largest absolute Gasteiger partial charge is 0.478 e. The van der Waals surface area contributed by atoms with E-state index in [-0.39, 0.29) is 53.4 Å². The summed E-state index contributed by atoms with van der Waals surface area (Å²) in [6.07, 6.45) is 1.45. The average molecular weight is 588 g/mol. The zero-order valence-corrected chi connectivity index (χ0v) is 23.5. The minimum Gasteiger partial charge on any atom is -0.478 e. The Bertz CT molecular complexity index is 1850. The Morgan fingerprint density at radius 1 is 0.953 bits per heavy atom. The molecule has 0 radical (unpaired) electrons. The molecule has 7 nitrogen and oxygen atoms in total. The number of ether oxygens (including phenoxy) is 2. The van der Waals surface area contributed by atoms with Crippen molar-refractivity contribution in [1.82, 2.24) is 14.5 Å². The number of benzene rings is 3. The second-order valence-electron chi connectivity index (χ2n) is 10.7. The highest BCUT2D eigenvalue weighted by Crippen LogP contribution is 2.38. The topological polar surface area (TPSA) is 86.5 Å². The maximum atomic E-state index is 15.5. The lowest BCUT2D eigenvalue weighted by Crippen LogP contribution is -2.33. The van der Waals surface area contributed by atoms with Gasteiger partial charge in [-0.2, -0.15) is 0 Å². The molecule has 2 aromatic heterocycles. The van der Waals surface area contributed by atoms with Gasteiger partial charge in [-0.1, -0.05) is 18.2 Å². The molecule has 0 spiro atoms. The van der Waals surface area contributed by atoms with Gasteiger partial charge in [-0.25, -0.2) is 27.9 Å². The van der Waals surface area contributed by atoms with Gasteiger partial charge < -0.3 is 19.1 Å². The van der Waals surface area contributed by atoms with Gasteiger partial charge in [0.15, 0.2) is 0 Å². The number of pyridine rings is 1. The highest BCUT2D eigenvalue weighted by Gasteiger charge is 2.33. The van der Waals surface area contributed by atoms with Crippen LogP contribution in [0, 0.1) is 24.4 Å². The van der Waals surface area contributed by atoms with E-state index < -0.39 is 23.4 Å². The molecule has 0 amide bonds. The van der Waals surface area contributed by atoms with Crippen molar-refractivity contribution in [3.05, 3.63) is 112 Å². The minimum atomic E-state index is -1.06. The molecule has 0 aliphatic heterocycles. The fourth-order valence-electron chi connectivity index (χ4n) is 5.41. The smallest absolute Gasteiger partial charge is 0.335 e. The molecule has 6 rings (SSSR count). The van der Waals surface area contributed by atoms with E-state index in [0.717, 1.165) is 17.7 Å². The molecule has 0 atom stereocenters. The van der Waals surface area contributed by atoms with Crippen LogP contribution < -0.4 is 4.74 Å². The van der Waals surface area contributed by atoms with Gasteiger partial charge in [-0.05, 0) is 73.4 Å². The average Bonchev–Trinajstić information content (AvgIpc) is 3.30. The number of aromatic carboxylic acids is 1. The first-order valence-electron chi connectivity index (χ1n) is 13.8. The van der Waals surface area contributed by atoms with E-state index in [2.05, 4.69) is 9.97 Å². The van der Waals surface area contributed by atoms with Crippen LogP contribution in [-0.4, -0.2) is 38.8 Å². The third kappa shape index (κ3) is 5.70. The van der Waals surface area contributed by atoms with E-state index in [9.17, 15) is 14.3 Å². The van der Waals surface area contributed by atoms with E-state index in [1.165, 1.54) is 12.1 Å². The van der Waals surface area contributed by atoms with Crippen LogP contribution in [0.15, 0.2) is 66.7 Å². The number of carboxylic acid groups (broad SMARTS) is 1. The third-order valence-corrected chi connectivity index (χ3v) is 7.85. The standard InChI is InChI=1S/C33H28F3N3O4/c1-18-6-7-20(25(34)10-18)17-43-32-5-3-4-28(38-32)24-16-26(35)21(11-27(24)36)13-31-37-29-9-8-19(33(40)41)12-30(29)39(31)22-14-23(15-22)42-2/h3-12,16,22-23H,13-15,17H2,1-2H3,(H,40,41)/t22-,23-. The van der Waals surface area contributed by atoms with Gasteiger partial charge in [-0.3, -0.25) is 0 Å². The van der Waals surface area contributed by atoms with Crippen molar-refractivity contribution in [2.75, 3.05) is 7.11 Å². The maximum absolute atomic E-state index is 15.5. The van der Waals surface area contributed by atoms with Crippen molar-refractivity contribution in [2.24, 2.45) is 0 Å². The molecule has 0 saturated heterocycles. The Labute approximate surface area is 245 Å². The molecule has 43 heavy (non-hydrogen) atoms. The van der Waals surface area contributed by atoms with Gasteiger partial charge in [0.2, 0.25) is 5.88 Å². The summed E-state index contributed by atoms with van der Waals surface area (Å²) in [6.45, 7) is 1.72. The lowest BCUT2D eigenvalue weighted by atomic mass is 9.88. The summed E-state index contributed by atoms with van der Waals surface area (Å²) in [7, 11) is 1.64. The quantitative estimate of drug-likeness (QED) is 0.199. The van der Waals surface area contributed by atoms with Crippen LogP contribution in [0.5, 0.6) is 5.88 Å². The first-order valence-corrected chi connectivity index (χ1v) is 13.8. The normalized spacial score (nSPS) is 16.3. The molecular weight excluding hydrogens is 559 g/mol. The third-order valence-electron chi connectivity index (χ3n) is 7.85. The van der Waals surface area contributed by atoms with E-state index >= 15 is 8.78 Å². The number of carbonyl (C=O) groups is 1. The number of nitrogens with zero attached hydrogens (tertiary/aromatic N) is 3. The Morgan fingerprint density at radius 3 is 2.49 bits per heavy atom. The molecular formula is C33H28F3N3O4. The summed E-state index contributed by atoms with van der Waals surface area (Å²) in [5.41, 5.74) is 2.67. The number of halogens is 3. The SMILES string of the molecule is CO[C@H]1C[C@H](n2c(Cc3cc(F)c(-c4cccc(OCc5ccc(C)cc5F)n4)cc3F)nc3ccc(C(=O)O)cc32)C1. The van der Waals surface area contributed by atoms with Gasteiger partial charge in [-0.15, -0.1) is 0 Å². The molecule has 1 aliphatic carbocycles. The number of aromatic nitrogens is 3. The van der Waals surface area contributed by atoms with Crippen molar-refractivity contribution in [1.29, 1.82) is 0 Å². The molecule has 2 heterocycles. The molecule has 10 heteroatoms. The second-order valence-corrected chi connectivity index (χ2v) is 10.7. The molecule has 0 unspecified atom stereocenters. The highest BCUT2D eigenvalue weighted by atomic mass is 19.1. The first-order chi connectivity index (χ1) is 20.7. The summed E-state index contributed by atoms with van der Waals surface area (Å²) < 4.78 is 58.2. The van der Waals surface area contributed by atoms with Crippen LogP contribution >= 0.6 is 0 Å². The first kappa shape index (κ1) is 28.4. The van der Waals surface area contributed by atoms with E-state index in [0.29, 0.717) is 35.3 Å². The predicted molar refractivity (Wildman–Crippen MR) is 154 cm³/mol. The molecule has 1 aliphatic rings. The fraction of sp³-hybridized carbons (Fsp3) is 0.242. The molecule has 5 aromatic rings. The Hall–Kier alpha value is -4.70. The fourth-order valence-corrected chi connectivity index (χ4v) is 5.41.